The zero-order chi connectivity index (χ0) is 14.0. The van der Waals surface area contributed by atoms with Gasteiger partial charge < -0.3 is 10.1 Å². The van der Waals surface area contributed by atoms with Crippen molar-refractivity contribution in [3.63, 3.8) is 0 Å². The molecular formula is C10H16F3N3OS. The van der Waals surface area contributed by atoms with Gasteiger partial charge in [0.1, 0.15) is 0 Å². The van der Waals surface area contributed by atoms with E-state index in [4.69, 9.17) is 4.74 Å². The van der Waals surface area contributed by atoms with Crippen molar-refractivity contribution >= 4 is 16.5 Å². The van der Waals surface area contributed by atoms with Gasteiger partial charge in [-0.1, -0.05) is 32.1 Å². The Morgan fingerprint density at radius 3 is 2.28 bits per heavy atom. The predicted molar refractivity (Wildman–Crippen MR) is 63.7 cm³/mol. The highest BCUT2D eigenvalue weighted by Gasteiger charge is 2.35. The van der Waals surface area contributed by atoms with Crippen LogP contribution < -0.4 is 5.32 Å². The summed E-state index contributed by atoms with van der Waals surface area (Å²) in [5.74, 6) is 0. The molecule has 1 atom stereocenters. The summed E-state index contributed by atoms with van der Waals surface area (Å²) in [7, 11) is 1.57. The molecule has 1 rings (SSSR count). The second-order valence-electron chi connectivity index (χ2n) is 4.88. The van der Waals surface area contributed by atoms with Crippen LogP contribution in [0.25, 0.3) is 0 Å². The molecular weight excluding hydrogens is 267 g/mol. The summed E-state index contributed by atoms with van der Waals surface area (Å²) in [5, 5.41) is 8.56. The van der Waals surface area contributed by atoms with Gasteiger partial charge >= 0.3 is 6.18 Å². The first-order chi connectivity index (χ1) is 8.14. The molecule has 0 aliphatic rings. The molecule has 0 saturated heterocycles. The number of halogens is 3. The van der Waals surface area contributed by atoms with E-state index in [9.17, 15) is 13.2 Å². The lowest BCUT2D eigenvalue weighted by atomic mass is 9.89. The van der Waals surface area contributed by atoms with Crippen LogP contribution >= 0.6 is 11.3 Å². The number of methoxy groups -OCH3 is 1. The second kappa shape index (κ2) is 5.40. The Balaban J connectivity index is 2.61. The van der Waals surface area contributed by atoms with Crippen molar-refractivity contribution in [1.82, 2.24) is 10.2 Å². The number of alkyl halides is 3. The standard InChI is InChI=1S/C10H16F3N3OS/c1-9(2,3)6(17-4)5-14-8-16-15-7(18-8)10(11,12)13/h6H,5H2,1-4H3,(H,14,16). The van der Waals surface area contributed by atoms with Gasteiger partial charge in [-0.25, -0.2) is 0 Å². The van der Waals surface area contributed by atoms with E-state index in [1.807, 2.05) is 20.8 Å². The smallest absolute Gasteiger partial charge is 0.379 e. The Labute approximate surface area is 108 Å². The number of rotatable bonds is 4. The number of nitrogens with one attached hydrogen (secondary N) is 1. The molecule has 0 aliphatic carbocycles. The number of nitrogens with zero attached hydrogens (tertiary/aromatic N) is 2. The average molecular weight is 283 g/mol. The molecule has 0 spiro atoms. The maximum absolute atomic E-state index is 12.3. The highest BCUT2D eigenvalue weighted by molar-refractivity contribution is 7.15. The summed E-state index contributed by atoms with van der Waals surface area (Å²) in [6.45, 7) is 6.35. The van der Waals surface area contributed by atoms with E-state index in [1.165, 1.54) is 0 Å². The number of hydrogen-bond acceptors (Lipinski definition) is 5. The molecule has 104 valence electrons. The van der Waals surface area contributed by atoms with Crippen molar-refractivity contribution in [2.75, 3.05) is 19.0 Å². The maximum Gasteiger partial charge on any atom is 0.445 e. The molecule has 18 heavy (non-hydrogen) atoms. The molecule has 1 unspecified atom stereocenters. The van der Waals surface area contributed by atoms with Gasteiger partial charge in [0.15, 0.2) is 0 Å². The van der Waals surface area contributed by atoms with E-state index >= 15 is 0 Å². The van der Waals surface area contributed by atoms with Gasteiger partial charge in [-0.15, -0.1) is 10.2 Å². The molecule has 4 nitrogen and oxygen atoms in total. The number of ether oxygens (including phenoxy) is 1. The van der Waals surface area contributed by atoms with Crippen molar-refractivity contribution in [3.05, 3.63) is 5.01 Å². The monoisotopic (exact) mass is 283 g/mol. The summed E-state index contributed by atoms with van der Waals surface area (Å²) in [4.78, 5) is 0. The minimum Gasteiger partial charge on any atom is -0.379 e. The van der Waals surface area contributed by atoms with E-state index in [0.717, 1.165) is 0 Å². The van der Waals surface area contributed by atoms with Gasteiger partial charge in [-0.3, -0.25) is 0 Å². The van der Waals surface area contributed by atoms with Gasteiger partial charge in [0.2, 0.25) is 10.1 Å². The Bertz CT molecular complexity index is 386. The summed E-state index contributed by atoms with van der Waals surface area (Å²) in [5.41, 5.74) is -0.112. The molecule has 0 aliphatic heterocycles. The third-order valence-electron chi connectivity index (χ3n) is 2.36. The minimum atomic E-state index is -4.44. The van der Waals surface area contributed by atoms with Crippen molar-refractivity contribution < 1.29 is 17.9 Å². The summed E-state index contributed by atoms with van der Waals surface area (Å²) in [6.07, 6.45) is -4.57. The summed E-state index contributed by atoms with van der Waals surface area (Å²) in [6, 6.07) is 0. The van der Waals surface area contributed by atoms with Crippen molar-refractivity contribution in [2.45, 2.75) is 33.1 Å². The molecule has 1 heterocycles. The zero-order valence-electron chi connectivity index (χ0n) is 10.6. The number of hydrogen-bond donors (Lipinski definition) is 1. The zero-order valence-corrected chi connectivity index (χ0v) is 11.4. The number of anilines is 1. The third-order valence-corrected chi connectivity index (χ3v) is 3.28. The Morgan fingerprint density at radius 1 is 1.28 bits per heavy atom. The SMILES string of the molecule is COC(CNc1nnc(C(F)(F)F)s1)C(C)(C)C. The van der Waals surface area contributed by atoms with Crippen LogP contribution in [0.15, 0.2) is 0 Å². The largest absolute Gasteiger partial charge is 0.445 e. The van der Waals surface area contributed by atoms with Gasteiger partial charge in [0.25, 0.3) is 0 Å². The lowest BCUT2D eigenvalue weighted by molar-refractivity contribution is -0.138. The summed E-state index contributed by atoms with van der Waals surface area (Å²) < 4.78 is 42.2. The molecule has 1 aromatic heterocycles. The average Bonchev–Trinajstić information content (AvgIpc) is 2.64. The Hall–Kier alpha value is -0.890. The molecule has 8 heteroatoms. The van der Waals surface area contributed by atoms with Crippen molar-refractivity contribution in [1.29, 1.82) is 0 Å². The van der Waals surface area contributed by atoms with E-state index < -0.39 is 11.2 Å². The fourth-order valence-corrected chi connectivity index (χ4v) is 1.95. The van der Waals surface area contributed by atoms with Crippen molar-refractivity contribution in [3.8, 4) is 0 Å². The van der Waals surface area contributed by atoms with E-state index in [1.54, 1.807) is 7.11 Å². The van der Waals surface area contributed by atoms with Gasteiger partial charge in [-0.05, 0) is 5.41 Å². The quantitative estimate of drug-likeness (QED) is 0.922. The van der Waals surface area contributed by atoms with Crippen LogP contribution in [-0.2, 0) is 10.9 Å². The third kappa shape index (κ3) is 4.09. The van der Waals surface area contributed by atoms with Crippen molar-refractivity contribution in [2.24, 2.45) is 5.41 Å². The highest BCUT2D eigenvalue weighted by Crippen LogP contribution is 2.33. The first-order valence-corrected chi connectivity index (χ1v) is 6.13. The minimum absolute atomic E-state index is 0.112. The van der Waals surface area contributed by atoms with Crippen LogP contribution in [0.4, 0.5) is 18.3 Å². The van der Waals surface area contributed by atoms with Crippen LogP contribution in [0.1, 0.15) is 25.8 Å². The first kappa shape index (κ1) is 15.2. The van der Waals surface area contributed by atoms with Gasteiger partial charge in [0.05, 0.1) is 6.10 Å². The van der Waals surface area contributed by atoms with Crippen LogP contribution in [0, 0.1) is 5.41 Å². The summed E-state index contributed by atoms with van der Waals surface area (Å²) >= 11 is 0.489. The topological polar surface area (TPSA) is 47.0 Å². The lowest BCUT2D eigenvalue weighted by Gasteiger charge is -2.29. The first-order valence-electron chi connectivity index (χ1n) is 5.32. The van der Waals surface area contributed by atoms with Gasteiger partial charge in [0, 0.05) is 13.7 Å². The van der Waals surface area contributed by atoms with Crippen LogP contribution in [0.5, 0.6) is 0 Å². The molecule has 0 fully saturated rings. The molecule has 0 saturated carbocycles. The van der Waals surface area contributed by atoms with Crippen LogP contribution in [-0.4, -0.2) is 30.0 Å². The highest BCUT2D eigenvalue weighted by atomic mass is 32.1. The number of aromatic nitrogens is 2. The van der Waals surface area contributed by atoms with Crippen LogP contribution in [0.3, 0.4) is 0 Å². The van der Waals surface area contributed by atoms with Crippen LogP contribution in [0.2, 0.25) is 0 Å². The molecule has 1 aromatic rings. The fourth-order valence-electron chi connectivity index (χ4n) is 1.33. The lowest BCUT2D eigenvalue weighted by Crippen LogP contribution is -2.34. The second-order valence-corrected chi connectivity index (χ2v) is 5.86. The fraction of sp³-hybridized carbons (Fsp3) is 0.800. The normalized spacial score (nSPS) is 14.6. The molecule has 0 amide bonds. The molecule has 0 radical (unpaired) electrons. The molecule has 1 N–H and O–H groups in total. The molecule has 0 aromatic carbocycles. The predicted octanol–water partition coefficient (Wildman–Crippen LogP) is 3.03. The van der Waals surface area contributed by atoms with E-state index in [2.05, 4.69) is 15.5 Å². The van der Waals surface area contributed by atoms with E-state index in [0.29, 0.717) is 17.9 Å². The molecule has 0 bridgehead atoms. The Kier molecular flexibility index (Phi) is 4.55. The Morgan fingerprint density at radius 2 is 1.89 bits per heavy atom. The maximum atomic E-state index is 12.3. The van der Waals surface area contributed by atoms with E-state index in [-0.39, 0.29) is 16.7 Å². The van der Waals surface area contributed by atoms with Gasteiger partial charge in [-0.2, -0.15) is 13.2 Å².